The summed E-state index contributed by atoms with van der Waals surface area (Å²) in [6, 6.07) is 10.3. The van der Waals surface area contributed by atoms with E-state index in [2.05, 4.69) is 39.3 Å². The Hall–Kier alpha value is -2.33. The molecule has 2 aromatic heterocycles. The lowest BCUT2D eigenvalue weighted by Gasteiger charge is -2.19. The minimum Gasteiger partial charge on any atom is -0.305 e. The summed E-state index contributed by atoms with van der Waals surface area (Å²) in [5.74, 6) is 0. The van der Waals surface area contributed by atoms with Crippen LogP contribution in [-0.4, -0.2) is 21.5 Å². The van der Waals surface area contributed by atoms with Gasteiger partial charge in [0.1, 0.15) is 0 Å². The minimum absolute atomic E-state index is 0.0338. The largest absolute Gasteiger partial charge is 0.305 e. The molecule has 0 amide bonds. The summed E-state index contributed by atoms with van der Waals surface area (Å²) in [6.45, 7) is 3.09. The zero-order chi connectivity index (χ0) is 14.5. The van der Waals surface area contributed by atoms with Crippen LogP contribution in [-0.2, 0) is 0 Å². The van der Waals surface area contributed by atoms with Crippen molar-refractivity contribution in [2.45, 2.75) is 19.4 Å². The van der Waals surface area contributed by atoms with Gasteiger partial charge in [0.05, 0.1) is 23.4 Å². The number of hydrogen-bond acceptors (Lipinski definition) is 4. The molecule has 0 bridgehead atoms. The molecule has 1 aromatic carbocycles. The van der Waals surface area contributed by atoms with E-state index in [0.717, 1.165) is 29.6 Å². The predicted octanol–water partition coefficient (Wildman–Crippen LogP) is 3.11. The molecule has 2 heterocycles. The molecular formula is C17H18N4. The second-order valence-corrected chi connectivity index (χ2v) is 4.93. The molecule has 21 heavy (non-hydrogen) atoms. The van der Waals surface area contributed by atoms with Gasteiger partial charge in [0.2, 0.25) is 0 Å². The number of nitrogens with zero attached hydrogens (tertiary/aromatic N) is 3. The Kier molecular flexibility index (Phi) is 4.17. The van der Waals surface area contributed by atoms with E-state index in [1.807, 2.05) is 30.6 Å². The summed E-state index contributed by atoms with van der Waals surface area (Å²) in [5.41, 5.74) is 3.12. The molecule has 1 N–H and O–H groups in total. The fourth-order valence-electron chi connectivity index (χ4n) is 2.49. The fraction of sp³-hybridized carbons (Fsp3) is 0.235. The Morgan fingerprint density at radius 3 is 2.76 bits per heavy atom. The standard InChI is InChI=1S/C17H18N4/c1-2-8-21-17(16-12-18-10-11-20-16)14-7-9-19-15-6-4-3-5-13(14)15/h3-7,9-12,17,21H,2,8H2,1H3. The Morgan fingerprint density at radius 1 is 1.05 bits per heavy atom. The molecule has 0 aliphatic heterocycles. The molecule has 0 saturated carbocycles. The van der Waals surface area contributed by atoms with Crippen molar-refractivity contribution < 1.29 is 0 Å². The number of fused-ring (bicyclic) bond motifs is 1. The molecule has 0 saturated heterocycles. The van der Waals surface area contributed by atoms with Crippen molar-refractivity contribution in [2.24, 2.45) is 0 Å². The molecule has 106 valence electrons. The van der Waals surface area contributed by atoms with Gasteiger partial charge in [-0.3, -0.25) is 15.0 Å². The van der Waals surface area contributed by atoms with Crippen LogP contribution in [0.2, 0.25) is 0 Å². The van der Waals surface area contributed by atoms with Crippen LogP contribution in [0.15, 0.2) is 55.1 Å². The molecule has 0 aliphatic carbocycles. The van der Waals surface area contributed by atoms with Crippen molar-refractivity contribution in [1.82, 2.24) is 20.3 Å². The lowest BCUT2D eigenvalue weighted by Crippen LogP contribution is -2.24. The topological polar surface area (TPSA) is 50.7 Å². The third-order valence-electron chi connectivity index (χ3n) is 3.47. The van der Waals surface area contributed by atoms with Gasteiger partial charge in [-0.15, -0.1) is 0 Å². The number of rotatable bonds is 5. The summed E-state index contributed by atoms with van der Waals surface area (Å²) in [5, 5.41) is 4.72. The van der Waals surface area contributed by atoms with Gasteiger partial charge >= 0.3 is 0 Å². The molecule has 4 nitrogen and oxygen atoms in total. The molecule has 1 atom stereocenters. The summed E-state index contributed by atoms with van der Waals surface area (Å²) >= 11 is 0. The van der Waals surface area contributed by atoms with Crippen molar-refractivity contribution in [3.05, 3.63) is 66.4 Å². The Morgan fingerprint density at radius 2 is 1.95 bits per heavy atom. The first-order valence-electron chi connectivity index (χ1n) is 7.23. The maximum absolute atomic E-state index is 4.47. The summed E-state index contributed by atoms with van der Waals surface area (Å²) in [6.07, 6.45) is 8.18. The van der Waals surface area contributed by atoms with E-state index in [-0.39, 0.29) is 6.04 Å². The first-order valence-corrected chi connectivity index (χ1v) is 7.23. The summed E-state index contributed by atoms with van der Waals surface area (Å²) < 4.78 is 0. The second-order valence-electron chi connectivity index (χ2n) is 4.93. The fourth-order valence-corrected chi connectivity index (χ4v) is 2.49. The van der Waals surface area contributed by atoms with E-state index in [9.17, 15) is 0 Å². The van der Waals surface area contributed by atoms with Crippen LogP contribution >= 0.6 is 0 Å². The highest BCUT2D eigenvalue weighted by Crippen LogP contribution is 2.26. The maximum atomic E-state index is 4.47. The van der Waals surface area contributed by atoms with E-state index < -0.39 is 0 Å². The van der Waals surface area contributed by atoms with Crippen molar-refractivity contribution >= 4 is 10.9 Å². The quantitative estimate of drug-likeness (QED) is 0.779. The van der Waals surface area contributed by atoms with Crippen molar-refractivity contribution in [3.8, 4) is 0 Å². The SMILES string of the molecule is CCCNC(c1cnccn1)c1ccnc2ccccc12. The first kappa shape index (κ1) is 13.6. The normalized spacial score (nSPS) is 12.4. The number of aromatic nitrogens is 3. The maximum Gasteiger partial charge on any atom is 0.0801 e. The lowest BCUT2D eigenvalue weighted by molar-refractivity contribution is 0.587. The van der Waals surface area contributed by atoms with Gasteiger partial charge in [0, 0.05) is 24.0 Å². The third kappa shape index (κ3) is 2.90. The Bertz CT molecular complexity index is 707. The van der Waals surface area contributed by atoms with E-state index in [1.165, 1.54) is 5.56 Å². The Labute approximate surface area is 124 Å². The molecule has 0 spiro atoms. The van der Waals surface area contributed by atoms with Crippen molar-refractivity contribution in [2.75, 3.05) is 6.54 Å². The smallest absolute Gasteiger partial charge is 0.0801 e. The highest BCUT2D eigenvalue weighted by Gasteiger charge is 2.17. The number of benzene rings is 1. The number of nitrogens with one attached hydrogen (secondary N) is 1. The van der Waals surface area contributed by atoms with Crippen LogP contribution in [0.5, 0.6) is 0 Å². The zero-order valence-corrected chi connectivity index (χ0v) is 12.0. The predicted molar refractivity (Wildman–Crippen MR) is 83.9 cm³/mol. The number of para-hydroxylation sites is 1. The van der Waals surface area contributed by atoms with Crippen molar-refractivity contribution in [1.29, 1.82) is 0 Å². The number of hydrogen-bond donors (Lipinski definition) is 1. The molecule has 1 unspecified atom stereocenters. The van der Waals surface area contributed by atoms with Gasteiger partial charge in [0.25, 0.3) is 0 Å². The van der Waals surface area contributed by atoms with Crippen LogP contribution in [0.3, 0.4) is 0 Å². The molecular weight excluding hydrogens is 260 g/mol. The van der Waals surface area contributed by atoms with Gasteiger partial charge in [-0.05, 0) is 30.7 Å². The molecule has 0 radical (unpaired) electrons. The van der Waals surface area contributed by atoms with Crippen LogP contribution in [0.1, 0.15) is 30.6 Å². The Balaban J connectivity index is 2.10. The van der Waals surface area contributed by atoms with Gasteiger partial charge in [-0.2, -0.15) is 0 Å². The van der Waals surface area contributed by atoms with E-state index >= 15 is 0 Å². The zero-order valence-electron chi connectivity index (χ0n) is 12.0. The van der Waals surface area contributed by atoms with Crippen LogP contribution in [0, 0.1) is 0 Å². The van der Waals surface area contributed by atoms with Crippen molar-refractivity contribution in [3.63, 3.8) is 0 Å². The monoisotopic (exact) mass is 278 g/mol. The van der Waals surface area contributed by atoms with Crippen LogP contribution < -0.4 is 5.32 Å². The highest BCUT2D eigenvalue weighted by atomic mass is 14.9. The summed E-state index contributed by atoms with van der Waals surface area (Å²) in [7, 11) is 0. The first-order chi connectivity index (χ1) is 10.4. The average molecular weight is 278 g/mol. The van der Waals surface area contributed by atoms with Gasteiger partial charge in [-0.1, -0.05) is 25.1 Å². The van der Waals surface area contributed by atoms with Crippen LogP contribution in [0.4, 0.5) is 0 Å². The molecule has 0 fully saturated rings. The van der Waals surface area contributed by atoms with Gasteiger partial charge in [0.15, 0.2) is 0 Å². The molecule has 0 aliphatic rings. The van der Waals surface area contributed by atoms with Gasteiger partial charge < -0.3 is 5.32 Å². The minimum atomic E-state index is 0.0338. The molecule has 3 aromatic rings. The third-order valence-corrected chi connectivity index (χ3v) is 3.47. The van der Waals surface area contributed by atoms with E-state index in [1.54, 1.807) is 12.4 Å². The molecule has 3 rings (SSSR count). The van der Waals surface area contributed by atoms with E-state index in [0.29, 0.717) is 0 Å². The average Bonchev–Trinajstić information content (AvgIpc) is 2.56. The summed E-state index contributed by atoms with van der Waals surface area (Å²) in [4.78, 5) is 13.1. The van der Waals surface area contributed by atoms with E-state index in [4.69, 9.17) is 0 Å². The lowest BCUT2D eigenvalue weighted by atomic mass is 9.99. The second kappa shape index (κ2) is 6.41. The van der Waals surface area contributed by atoms with Gasteiger partial charge in [-0.25, -0.2) is 0 Å². The van der Waals surface area contributed by atoms with Crippen LogP contribution in [0.25, 0.3) is 10.9 Å². The highest BCUT2D eigenvalue weighted by molar-refractivity contribution is 5.82. The molecule has 4 heteroatoms. The number of pyridine rings is 1.